The van der Waals surface area contributed by atoms with E-state index >= 15 is 0 Å². The number of fused-ring (bicyclic) bond motifs is 1. The molecule has 132 valence electrons. The van der Waals surface area contributed by atoms with Crippen LogP contribution < -0.4 is 0 Å². The fourth-order valence-corrected chi connectivity index (χ4v) is 6.44. The first-order valence-electron chi connectivity index (χ1n) is 7.16. The second-order valence-corrected chi connectivity index (χ2v) is 10.3. The Morgan fingerprint density at radius 1 is 0.462 bits per heavy atom. The third-order valence-electron chi connectivity index (χ3n) is 3.77. The Kier molecular flexibility index (Phi) is 5.42. The van der Waals surface area contributed by atoms with Crippen molar-refractivity contribution in [3.63, 3.8) is 0 Å². The van der Waals surface area contributed by atoms with E-state index in [1.165, 1.54) is 0 Å². The predicted octanol–water partition coefficient (Wildman–Crippen LogP) is 10.2. The molecular weight excluding hydrogens is 493 g/mol. The van der Waals surface area contributed by atoms with E-state index < -0.39 is 0 Å². The van der Waals surface area contributed by atoms with E-state index in [1.807, 2.05) is 0 Å². The summed E-state index contributed by atoms with van der Waals surface area (Å²) in [5.41, 5.74) is 1.73. The number of hydrogen-bond donors (Lipinski definition) is 0. The summed E-state index contributed by atoms with van der Waals surface area (Å²) in [7, 11) is 0. The molecule has 0 atom stereocenters. The molecule has 0 unspecified atom stereocenters. The van der Waals surface area contributed by atoms with Gasteiger partial charge in [-0.2, -0.15) is 0 Å². The maximum atomic E-state index is 6.33. The van der Waals surface area contributed by atoms with Crippen LogP contribution in [0.5, 0.6) is 0 Å². The largest absolute Gasteiger partial charge is 0.124 e. The SMILES string of the molecule is Clc1cc(Cl)c(-c2cc3cc(-c4cc(Cl)c(Cl)cc4Cl)sc3s2)cc1Cl. The van der Waals surface area contributed by atoms with Crippen LogP contribution in [0.2, 0.25) is 30.1 Å². The molecule has 0 saturated carbocycles. The second kappa shape index (κ2) is 7.35. The average molecular weight is 499 g/mol. The minimum Gasteiger partial charge on any atom is -0.124 e. The Balaban J connectivity index is 1.80. The van der Waals surface area contributed by atoms with Crippen LogP contribution in [0.15, 0.2) is 36.4 Å². The molecule has 0 aliphatic heterocycles. The molecule has 0 amide bonds. The lowest BCUT2D eigenvalue weighted by Gasteiger charge is -2.05. The van der Waals surface area contributed by atoms with E-state index in [9.17, 15) is 0 Å². The van der Waals surface area contributed by atoms with Crippen molar-refractivity contribution in [3.05, 3.63) is 66.5 Å². The molecule has 0 N–H and O–H groups in total. The summed E-state index contributed by atoms with van der Waals surface area (Å²) < 4.78 is 1.15. The highest BCUT2D eigenvalue weighted by atomic mass is 35.5. The molecule has 0 saturated heterocycles. The molecule has 4 aromatic rings. The van der Waals surface area contributed by atoms with Crippen molar-refractivity contribution in [3.8, 4) is 20.9 Å². The summed E-state index contributed by atoms with van der Waals surface area (Å²) >= 11 is 40.2. The lowest BCUT2D eigenvalue weighted by molar-refractivity contribution is 1.69. The van der Waals surface area contributed by atoms with Gasteiger partial charge >= 0.3 is 0 Å². The van der Waals surface area contributed by atoms with Crippen LogP contribution in [0.1, 0.15) is 0 Å². The lowest BCUT2D eigenvalue weighted by Crippen LogP contribution is -1.78. The van der Waals surface area contributed by atoms with Gasteiger partial charge in [0.1, 0.15) is 0 Å². The lowest BCUT2D eigenvalue weighted by atomic mass is 10.1. The molecule has 26 heavy (non-hydrogen) atoms. The minimum absolute atomic E-state index is 0.440. The van der Waals surface area contributed by atoms with Crippen LogP contribution in [0.3, 0.4) is 0 Å². The first-order valence-corrected chi connectivity index (χ1v) is 11.1. The fourth-order valence-electron chi connectivity index (χ4n) is 2.53. The Morgan fingerprint density at radius 3 is 1.23 bits per heavy atom. The van der Waals surface area contributed by atoms with Crippen molar-refractivity contribution in [2.75, 3.05) is 0 Å². The van der Waals surface area contributed by atoms with Crippen molar-refractivity contribution in [2.45, 2.75) is 0 Å². The van der Waals surface area contributed by atoms with Gasteiger partial charge in [-0.15, -0.1) is 22.7 Å². The van der Waals surface area contributed by atoms with E-state index in [0.29, 0.717) is 30.1 Å². The van der Waals surface area contributed by atoms with E-state index in [1.54, 1.807) is 46.9 Å². The molecule has 0 bridgehead atoms. The highest BCUT2D eigenvalue weighted by Gasteiger charge is 2.15. The number of rotatable bonds is 2. The molecule has 0 spiro atoms. The zero-order valence-electron chi connectivity index (χ0n) is 12.5. The van der Waals surface area contributed by atoms with Gasteiger partial charge in [0.25, 0.3) is 0 Å². The van der Waals surface area contributed by atoms with Gasteiger partial charge in [0.2, 0.25) is 0 Å². The predicted molar refractivity (Wildman–Crippen MR) is 121 cm³/mol. The Labute approximate surface area is 187 Å². The Morgan fingerprint density at radius 2 is 0.846 bits per heavy atom. The van der Waals surface area contributed by atoms with Crippen LogP contribution in [-0.4, -0.2) is 0 Å². The van der Waals surface area contributed by atoms with Gasteiger partial charge < -0.3 is 0 Å². The smallest absolute Gasteiger partial charge is 0.0878 e. The van der Waals surface area contributed by atoms with Crippen molar-refractivity contribution in [1.82, 2.24) is 0 Å². The van der Waals surface area contributed by atoms with E-state index in [4.69, 9.17) is 69.6 Å². The standard InChI is InChI=1S/C18H6Cl6S2/c19-10-5-14(23)12(21)3-8(10)16-1-7-2-17(26-18(7)25-16)9-4-13(22)15(24)6-11(9)20/h1-6H. The van der Waals surface area contributed by atoms with Gasteiger partial charge in [0, 0.05) is 26.3 Å². The van der Waals surface area contributed by atoms with E-state index in [2.05, 4.69) is 12.1 Å². The molecule has 0 aliphatic carbocycles. The summed E-state index contributed by atoms with van der Waals surface area (Å²) in [6.45, 7) is 0. The molecule has 8 heteroatoms. The number of hydrogen-bond acceptors (Lipinski definition) is 2. The third-order valence-corrected chi connectivity index (χ3v) is 8.29. The highest BCUT2D eigenvalue weighted by molar-refractivity contribution is 7.41. The molecule has 0 radical (unpaired) electrons. The summed E-state index contributed by atoms with van der Waals surface area (Å²) in [5.74, 6) is 0. The first-order chi connectivity index (χ1) is 12.3. The molecule has 2 aromatic carbocycles. The van der Waals surface area contributed by atoms with Crippen molar-refractivity contribution < 1.29 is 0 Å². The second-order valence-electron chi connectivity index (χ2n) is 5.46. The molecule has 4 rings (SSSR count). The Bertz CT molecular complexity index is 1040. The molecule has 0 aliphatic rings. The number of benzene rings is 2. The normalized spacial score (nSPS) is 11.5. The average Bonchev–Trinajstić information content (AvgIpc) is 3.13. The Hall–Kier alpha value is -0.160. The number of thiophene rings is 2. The summed E-state index contributed by atoms with van der Waals surface area (Å²) in [4.78, 5) is 2.06. The van der Waals surface area contributed by atoms with Gasteiger partial charge in [-0.3, -0.25) is 0 Å². The topological polar surface area (TPSA) is 0 Å². The van der Waals surface area contributed by atoms with Gasteiger partial charge in [-0.05, 0) is 36.4 Å². The van der Waals surface area contributed by atoms with Gasteiger partial charge in [0.05, 0.1) is 34.1 Å². The van der Waals surface area contributed by atoms with Gasteiger partial charge in [-0.1, -0.05) is 69.6 Å². The van der Waals surface area contributed by atoms with Crippen molar-refractivity contribution in [1.29, 1.82) is 0 Å². The van der Waals surface area contributed by atoms with Gasteiger partial charge in [-0.25, -0.2) is 0 Å². The zero-order chi connectivity index (χ0) is 18.6. The van der Waals surface area contributed by atoms with Crippen molar-refractivity contribution >= 4 is 102 Å². The zero-order valence-corrected chi connectivity index (χ0v) is 18.7. The van der Waals surface area contributed by atoms with Crippen LogP contribution >= 0.6 is 92.3 Å². The summed E-state index contributed by atoms with van der Waals surface area (Å²) in [6.07, 6.45) is 0. The molecule has 2 aromatic heterocycles. The molecular formula is C18H6Cl6S2. The molecule has 0 nitrogen and oxygen atoms in total. The van der Waals surface area contributed by atoms with Crippen LogP contribution in [0, 0.1) is 0 Å². The van der Waals surface area contributed by atoms with Gasteiger partial charge in [0.15, 0.2) is 0 Å². The maximum Gasteiger partial charge on any atom is 0.0878 e. The minimum atomic E-state index is 0.440. The maximum absolute atomic E-state index is 6.33. The monoisotopic (exact) mass is 496 g/mol. The van der Waals surface area contributed by atoms with Crippen LogP contribution in [-0.2, 0) is 0 Å². The van der Waals surface area contributed by atoms with E-state index in [0.717, 1.165) is 30.3 Å². The first kappa shape index (κ1) is 19.2. The quantitative estimate of drug-likeness (QED) is 0.241. The summed E-state index contributed by atoms with van der Waals surface area (Å²) in [5, 5.41) is 4.08. The fraction of sp³-hybridized carbons (Fsp3) is 0. The molecule has 0 fully saturated rings. The van der Waals surface area contributed by atoms with Crippen LogP contribution in [0.4, 0.5) is 0 Å². The highest BCUT2D eigenvalue weighted by Crippen LogP contribution is 2.46. The third kappa shape index (κ3) is 3.47. The van der Waals surface area contributed by atoms with Crippen LogP contribution in [0.25, 0.3) is 30.3 Å². The number of halogens is 6. The summed E-state index contributed by atoms with van der Waals surface area (Å²) in [6, 6.07) is 11.1. The molecule has 2 heterocycles. The van der Waals surface area contributed by atoms with E-state index in [-0.39, 0.29) is 0 Å². The van der Waals surface area contributed by atoms with Crippen molar-refractivity contribution in [2.24, 2.45) is 0 Å².